The number of nitrogens with zero attached hydrogens (tertiary/aromatic N) is 2. The van der Waals surface area contributed by atoms with Crippen molar-refractivity contribution < 1.29 is 16.8 Å². The van der Waals surface area contributed by atoms with Crippen molar-refractivity contribution in [2.24, 2.45) is 0 Å². The Morgan fingerprint density at radius 2 is 1.12 bits per heavy atom. The smallest absolute Gasteiger partial charge is 0.243 e. The Kier molecular flexibility index (Phi) is 5.21. The van der Waals surface area contributed by atoms with E-state index < -0.39 is 19.9 Å². The van der Waals surface area contributed by atoms with Gasteiger partial charge in [-0.3, -0.25) is 4.90 Å². The summed E-state index contributed by atoms with van der Waals surface area (Å²) in [7, 11) is -7.05. The second kappa shape index (κ2) is 7.81. The van der Waals surface area contributed by atoms with E-state index in [4.69, 9.17) is 0 Å². The lowest BCUT2D eigenvalue weighted by atomic mass is 10.0. The Morgan fingerprint density at radius 1 is 0.656 bits per heavy atom. The average molecular weight is 469 g/mol. The number of piperazine rings is 1. The molecule has 1 aliphatic carbocycles. The SMILES string of the molecule is CS(=O)(=O)c1ccc(S(=O)(=O)N2CCN(C3c4ccccc4-c4ccccc43)CC2)cc1. The van der Waals surface area contributed by atoms with E-state index in [2.05, 4.69) is 53.4 Å². The average Bonchev–Trinajstić information content (AvgIpc) is 3.13. The van der Waals surface area contributed by atoms with E-state index in [0.29, 0.717) is 26.2 Å². The molecule has 0 bridgehead atoms. The van der Waals surface area contributed by atoms with Crippen LogP contribution >= 0.6 is 0 Å². The number of rotatable bonds is 4. The maximum absolute atomic E-state index is 13.1. The quantitative estimate of drug-likeness (QED) is 0.588. The van der Waals surface area contributed by atoms with Crippen LogP contribution in [0.1, 0.15) is 17.2 Å². The summed E-state index contributed by atoms with van der Waals surface area (Å²) in [5.41, 5.74) is 5.02. The summed E-state index contributed by atoms with van der Waals surface area (Å²) in [6, 6.07) is 22.4. The molecule has 3 aromatic carbocycles. The van der Waals surface area contributed by atoms with Crippen molar-refractivity contribution in [2.75, 3.05) is 32.4 Å². The van der Waals surface area contributed by atoms with Crippen LogP contribution in [0.25, 0.3) is 11.1 Å². The number of sulfone groups is 1. The van der Waals surface area contributed by atoms with Crippen LogP contribution in [-0.4, -0.2) is 58.5 Å². The fourth-order valence-electron chi connectivity index (χ4n) is 4.73. The molecular formula is C24H24N2O4S2. The third kappa shape index (κ3) is 3.57. The van der Waals surface area contributed by atoms with Gasteiger partial charge in [0.1, 0.15) is 0 Å². The van der Waals surface area contributed by atoms with Crippen LogP contribution in [0.3, 0.4) is 0 Å². The largest absolute Gasteiger partial charge is 0.290 e. The highest BCUT2D eigenvalue weighted by Crippen LogP contribution is 2.46. The van der Waals surface area contributed by atoms with Crippen LogP contribution in [0.15, 0.2) is 82.6 Å². The van der Waals surface area contributed by atoms with Crippen molar-refractivity contribution in [3.8, 4) is 11.1 Å². The monoisotopic (exact) mass is 468 g/mol. The summed E-state index contributed by atoms with van der Waals surface area (Å²) in [5, 5.41) is 0. The van der Waals surface area contributed by atoms with E-state index in [1.165, 1.54) is 50.8 Å². The van der Waals surface area contributed by atoms with E-state index in [1.54, 1.807) is 0 Å². The van der Waals surface area contributed by atoms with Gasteiger partial charge in [0.15, 0.2) is 9.84 Å². The zero-order valence-electron chi connectivity index (χ0n) is 17.7. The van der Waals surface area contributed by atoms with Gasteiger partial charge in [0.2, 0.25) is 10.0 Å². The lowest BCUT2D eigenvalue weighted by molar-refractivity contribution is 0.158. The molecule has 0 saturated carbocycles. The standard InChI is InChI=1S/C24H24N2O4S2/c1-31(27,28)18-10-12-19(13-11-18)32(29,30)26-16-14-25(15-17-26)24-22-8-4-2-6-20(22)21-7-3-5-9-23(21)24/h2-13,24H,14-17H2,1H3. The summed E-state index contributed by atoms with van der Waals surface area (Å²) in [4.78, 5) is 2.58. The van der Waals surface area contributed by atoms with Crippen molar-refractivity contribution in [1.29, 1.82) is 0 Å². The first-order chi connectivity index (χ1) is 15.3. The molecule has 6 nitrogen and oxygen atoms in total. The minimum atomic E-state index is -3.68. The van der Waals surface area contributed by atoms with Gasteiger partial charge >= 0.3 is 0 Å². The minimum Gasteiger partial charge on any atom is -0.290 e. The lowest BCUT2D eigenvalue weighted by Gasteiger charge is -2.38. The number of hydrogen-bond acceptors (Lipinski definition) is 5. The van der Waals surface area contributed by atoms with Crippen molar-refractivity contribution in [1.82, 2.24) is 9.21 Å². The van der Waals surface area contributed by atoms with Crippen LogP contribution in [0.4, 0.5) is 0 Å². The van der Waals surface area contributed by atoms with Gasteiger partial charge < -0.3 is 0 Å². The van der Waals surface area contributed by atoms with Crippen LogP contribution in [0.2, 0.25) is 0 Å². The summed E-state index contributed by atoms with van der Waals surface area (Å²) in [5.74, 6) is 0. The highest BCUT2D eigenvalue weighted by atomic mass is 32.2. The Balaban J connectivity index is 1.37. The molecule has 3 aromatic rings. The van der Waals surface area contributed by atoms with Crippen molar-refractivity contribution in [3.63, 3.8) is 0 Å². The lowest BCUT2D eigenvalue weighted by Crippen LogP contribution is -2.49. The summed E-state index contributed by atoms with van der Waals surface area (Å²) < 4.78 is 51.1. The first-order valence-electron chi connectivity index (χ1n) is 10.5. The third-order valence-corrected chi connectivity index (χ3v) is 9.37. The number of fused-ring (bicyclic) bond motifs is 3. The number of hydrogen-bond donors (Lipinski definition) is 0. The van der Waals surface area contributed by atoms with Gasteiger partial charge in [-0.2, -0.15) is 4.31 Å². The topological polar surface area (TPSA) is 74.8 Å². The maximum atomic E-state index is 13.1. The molecule has 1 fully saturated rings. The van der Waals surface area contributed by atoms with E-state index in [9.17, 15) is 16.8 Å². The van der Waals surface area contributed by atoms with E-state index in [-0.39, 0.29) is 15.8 Å². The Bertz CT molecular complexity index is 1330. The molecule has 1 heterocycles. The maximum Gasteiger partial charge on any atom is 0.243 e. The molecule has 0 unspecified atom stereocenters. The summed E-state index contributed by atoms with van der Waals surface area (Å²) in [6.45, 7) is 2.01. The summed E-state index contributed by atoms with van der Waals surface area (Å²) in [6.07, 6.45) is 1.11. The fourth-order valence-corrected chi connectivity index (χ4v) is 6.79. The molecule has 1 saturated heterocycles. The molecule has 1 aliphatic heterocycles. The van der Waals surface area contributed by atoms with Crippen LogP contribution < -0.4 is 0 Å². The van der Waals surface area contributed by atoms with Crippen molar-refractivity contribution >= 4 is 19.9 Å². The highest BCUT2D eigenvalue weighted by molar-refractivity contribution is 7.90. The molecule has 166 valence electrons. The third-order valence-electron chi connectivity index (χ3n) is 6.33. The Hall–Kier alpha value is -2.52. The van der Waals surface area contributed by atoms with Gasteiger partial charge in [-0.25, -0.2) is 16.8 Å². The molecule has 0 spiro atoms. The molecule has 32 heavy (non-hydrogen) atoms. The van der Waals surface area contributed by atoms with E-state index in [0.717, 1.165) is 6.26 Å². The Morgan fingerprint density at radius 3 is 1.62 bits per heavy atom. The zero-order valence-corrected chi connectivity index (χ0v) is 19.3. The minimum absolute atomic E-state index is 0.111. The first kappa shape index (κ1) is 21.3. The van der Waals surface area contributed by atoms with Gasteiger partial charge in [-0.1, -0.05) is 48.5 Å². The normalized spacial score (nSPS) is 17.8. The fraction of sp³-hybridized carbons (Fsp3) is 0.250. The summed E-state index contributed by atoms with van der Waals surface area (Å²) >= 11 is 0. The van der Waals surface area contributed by atoms with Crippen molar-refractivity contribution in [2.45, 2.75) is 15.8 Å². The molecule has 0 radical (unpaired) electrons. The van der Waals surface area contributed by atoms with Gasteiger partial charge in [-0.15, -0.1) is 0 Å². The molecule has 0 atom stereocenters. The van der Waals surface area contributed by atoms with E-state index in [1.807, 2.05) is 0 Å². The zero-order chi connectivity index (χ0) is 22.5. The highest BCUT2D eigenvalue weighted by Gasteiger charge is 2.36. The number of sulfonamides is 1. The van der Waals surface area contributed by atoms with Crippen LogP contribution in [-0.2, 0) is 19.9 Å². The molecular weight excluding hydrogens is 444 g/mol. The molecule has 5 rings (SSSR count). The molecule has 0 amide bonds. The van der Waals surface area contributed by atoms with Gasteiger partial charge in [-0.05, 0) is 46.5 Å². The predicted molar refractivity (Wildman–Crippen MR) is 124 cm³/mol. The van der Waals surface area contributed by atoms with Gasteiger partial charge in [0.05, 0.1) is 15.8 Å². The molecule has 2 aliphatic rings. The van der Waals surface area contributed by atoms with Gasteiger partial charge in [0, 0.05) is 32.4 Å². The Labute approximate surface area is 189 Å². The molecule has 8 heteroatoms. The number of benzene rings is 3. The van der Waals surface area contributed by atoms with Crippen LogP contribution in [0.5, 0.6) is 0 Å². The first-order valence-corrected chi connectivity index (χ1v) is 13.8. The van der Waals surface area contributed by atoms with Crippen molar-refractivity contribution in [3.05, 3.63) is 83.9 Å². The van der Waals surface area contributed by atoms with E-state index >= 15 is 0 Å². The second-order valence-electron chi connectivity index (χ2n) is 8.26. The second-order valence-corrected chi connectivity index (χ2v) is 12.2. The molecule has 0 aromatic heterocycles. The van der Waals surface area contributed by atoms with Gasteiger partial charge in [0.25, 0.3) is 0 Å². The van der Waals surface area contributed by atoms with Crippen LogP contribution in [0, 0.1) is 0 Å². The molecule has 0 N–H and O–H groups in total. The predicted octanol–water partition coefficient (Wildman–Crippen LogP) is 3.17.